The molecule has 3 nitrogen and oxygen atoms in total. The van der Waals surface area contributed by atoms with Crippen LogP contribution in [0.3, 0.4) is 0 Å². The Kier molecular flexibility index (Phi) is 6.04. The average Bonchev–Trinajstić information content (AvgIpc) is 2.60. The normalized spacial score (nSPS) is 11.5. The molecule has 3 aromatic rings. The van der Waals surface area contributed by atoms with Crippen molar-refractivity contribution in [2.24, 2.45) is 0 Å². The molecule has 6 heteroatoms. The van der Waals surface area contributed by atoms with Crippen LogP contribution in [0.1, 0.15) is 22.3 Å². The van der Waals surface area contributed by atoms with Crippen LogP contribution in [0.4, 0.5) is 5.69 Å². The molecule has 0 bridgehead atoms. The second-order valence-electron chi connectivity index (χ2n) is 6.91. The third-order valence-electron chi connectivity index (χ3n) is 4.43. The maximum absolute atomic E-state index is 13.5. The number of nitrogens with zero attached hydrogens (tertiary/aromatic N) is 1. The summed E-state index contributed by atoms with van der Waals surface area (Å²) in [5.41, 5.74) is 4.25. The minimum absolute atomic E-state index is 0.106. The van der Waals surface area contributed by atoms with Crippen LogP contribution in [-0.4, -0.2) is 8.42 Å². The average molecular weight is 434 g/mol. The highest BCUT2D eigenvalue weighted by Gasteiger charge is 2.26. The van der Waals surface area contributed by atoms with E-state index < -0.39 is 10.0 Å². The van der Waals surface area contributed by atoms with Crippen molar-refractivity contribution in [3.63, 3.8) is 0 Å². The molecule has 0 N–H and O–H groups in total. The highest BCUT2D eigenvalue weighted by atomic mass is 35.5. The van der Waals surface area contributed by atoms with E-state index >= 15 is 0 Å². The zero-order valence-corrected chi connectivity index (χ0v) is 18.2. The maximum Gasteiger partial charge on any atom is 0.264 e. The molecule has 0 aromatic heterocycles. The lowest BCUT2D eigenvalue weighted by molar-refractivity contribution is 0.590. The van der Waals surface area contributed by atoms with Crippen molar-refractivity contribution >= 4 is 38.9 Å². The third kappa shape index (κ3) is 4.52. The highest BCUT2D eigenvalue weighted by Crippen LogP contribution is 2.30. The van der Waals surface area contributed by atoms with Gasteiger partial charge in [0.15, 0.2) is 0 Å². The lowest BCUT2D eigenvalue weighted by Crippen LogP contribution is -2.31. The molecule has 3 aromatic carbocycles. The molecule has 0 radical (unpaired) electrons. The van der Waals surface area contributed by atoms with Gasteiger partial charge in [0.1, 0.15) is 0 Å². The van der Waals surface area contributed by atoms with Gasteiger partial charge in [-0.05, 0) is 73.9 Å². The van der Waals surface area contributed by atoms with Crippen LogP contribution >= 0.6 is 23.2 Å². The van der Waals surface area contributed by atoms with Crippen molar-refractivity contribution in [1.29, 1.82) is 0 Å². The van der Waals surface area contributed by atoms with Crippen LogP contribution in [0.15, 0.2) is 65.6 Å². The minimum Gasteiger partial charge on any atom is -0.262 e. The Bertz CT molecular complexity index is 1090. The largest absolute Gasteiger partial charge is 0.264 e. The number of halogens is 2. The Hall–Kier alpha value is -2.01. The number of aryl methyl sites for hydroxylation is 3. The summed E-state index contributed by atoms with van der Waals surface area (Å²) in [7, 11) is -3.79. The van der Waals surface area contributed by atoms with Crippen LogP contribution in [0.25, 0.3) is 0 Å². The first kappa shape index (κ1) is 20.7. The zero-order chi connectivity index (χ0) is 20.5. The summed E-state index contributed by atoms with van der Waals surface area (Å²) in [4.78, 5) is 0.238. The number of hydrogen-bond acceptors (Lipinski definition) is 2. The summed E-state index contributed by atoms with van der Waals surface area (Å²) < 4.78 is 28.4. The summed E-state index contributed by atoms with van der Waals surface area (Å²) >= 11 is 12.3. The van der Waals surface area contributed by atoms with Gasteiger partial charge < -0.3 is 0 Å². The Labute approximate surface area is 176 Å². The molecule has 0 aliphatic heterocycles. The van der Waals surface area contributed by atoms with Gasteiger partial charge >= 0.3 is 0 Å². The maximum atomic E-state index is 13.5. The summed E-state index contributed by atoms with van der Waals surface area (Å²) in [5.74, 6) is 0. The number of rotatable bonds is 5. The molecular weight excluding hydrogens is 413 g/mol. The molecule has 0 spiro atoms. The van der Waals surface area contributed by atoms with E-state index in [1.807, 2.05) is 39.0 Å². The smallest absolute Gasteiger partial charge is 0.262 e. The summed E-state index contributed by atoms with van der Waals surface area (Å²) in [6.07, 6.45) is 0. The first-order chi connectivity index (χ1) is 13.2. The molecule has 0 amide bonds. The number of hydrogen-bond donors (Lipinski definition) is 0. The van der Waals surface area contributed by atoms with Crippen molar-refractivity contribution in [3.8, 4) is 0 Å². The number of anilines is 1. The van der Waals surface area contributed by atoms with E-state index in [4.69, 9.17) is 23.2 Å². The first-order valence-corrected chi connectivity index (χ1v) is 11.0. The van der Waals surface area contributed by atoms with Gasteiger partial charge in [0.05, 0.1) is 17.1 Å². The van der Waals surface area contributed by atoms with Gasteiger partial charge in [-0.1, -0.05) is 53.0 Å². The summed E-state index contributed by atoms with van der Waals surface area (Å²) in [5, 5.41) is 0.939. The molecule has 0 unspecified atom stereocenters. The zero-order valence-electron chi connectivity index (χ0n) is 15.9. The summed E-state index contributed by atoms with van der Waals surface area (Å²) in [6, 6.07) is 17.7. The van der Waals surface area contributed by atoms with Crippen molar-refractivity contribution in [2.75, 3.05) is 4.31 Å². The molecule has 146 valence electrons. The second kappa shape index (κ2) is 8.16. The molecule has 28 heavy (non-hydrogen) atoms. The lowest BCUT2D eigenvalue weighted by Gasteiger charge is -2.26. The van der Waals surface area contributed by atoms with Gasteiger partial charge in [0.2, 0.25) is 0 Å². The van der Waals surface area contributed by atoms with E-state index in [0.29, 0.717) is 21.3 Å². The molecular formula is C22H21Cl2NO2S. The minimum atomic E-state index is -3.79. The SMILES string of the molecule is Cc1ccc(S(=O)(=O)N(Cc2ccc(Cl)cc2Cl)c2cc(C)cc(C)c2)cc1. The van der Waals surface area contributed by atoms with Crippen LogP contribution in [0.2, 0.25) is 10.0 Å². The number of benzene rings is 3. The Morgan fingerprint density at radius 3 is 1.96 bits per heavy atom. The molecule has 0 saturated carbocycles. The highest BCUT2D eigenvalue weighted by molar-refractivity contribution is 7.92. The van der Waals surface area contributed by atoms with Gasteiger partial charge in [0, 0.05) is 10.0 Å². The van der Waals surface area contributed by atoms with Crippen molar-refractivity contribution in [3.05, 3.63) is 93.0 Å². The van der Waals surface area contributed by atoms with Gasteiger partial charge in [0.25, 0.3) is 10.0 Å². The van der Waals surface area contributed by atoms with E-state index in [1.54, 1.807) is 42.5 Å². The van der Waals surface area contributed by atoms with Gasteiger partial charge in [-0.25, -0.2) is 8.42 Å². The van der Waals surface area contributed by atoms with E-state index in [1.165, 1.54) is 4.31 Å². The molecule has 0 saturated heterocycles. The van der Waals surface area contributed by atoms with Crippen LogP contribution in [-0.2, 0) is 16.6 Å². The Morgan fingerprint density at radius 1 is 0.786 bits per heavy atom. The van der Waals surface area contributed by atoms with E-state index in [9.17, 15) is 8.42 Å². The Balaban J connectivity index is 2.14. The van der Waals surface area contributed by atoms with Crippen LogP contribution < -0.4 is 4.31 Å². The van der Waals surface area contributed by atoms with E-state index in [0.717, 1.165) is 16.7 Å². The van der Waals surface area contributed by atoms with E-state index in [-0.39, 0.29) is 11.4 Å². The van der Waals surface area contributed by atoms with Crippen molar-refractivity contribution < 1.29 is 8.42 Å². The van der Waals surface area contributed by atoms with Crippen LogP contribution in [0, 0.1) is 20.8 Å². The Morgan fingerprint density at radius 2 is 1.39 bits per heavy atom. The van der Waals surface area contributed by atoms with Gasteiger partial charge in [-0.15, -0.1) is 0 Å². The van der Waals surface area contributed by atoms with Crippen LogP contribution in [0.5, 0.6) is 0 Å². The fourth-order valence-corrected chi connectivity index (χ4v) is 4.95. The third-order valence-corrected chi connectivity index (χ3v) is 6.81. The second-order valence-corrected chi connectivity index (χ2v) is 9.61. The molecule has 0 aliphatic rings. The molecule has 0 heterocycles. The fourth-order valence-electron chi connectivity index (χ4n) is 3.05. The topological polar surface area (TPSA) is 37.4 Å². The van der Waals surface area contributed by atoms with Crippen molar-refractivity contribution in [1.82, 2.24) is 0 Å². The first-order valence-electron chi connectivity index (χ1n) is 8.78. The lowest BCUT2D eigenvalue weighted by atomic mass is 10.1. The summed E-state index contributed by atoms with van der Waals surface area (Å²) in [6.45, 7) is 5.92. The van der Waals surface area contributed by atoms with Gasteiger partial charge in [-0.2, -0.15) is 0 Å². The molecule has 0 fully saturated rings. The molecule has 3 rings (SSSR count). The standard InChI is InChI=1S/C22H21Cl2NO2S/c1-15-4-8-21(9-5-15)28(26,27)25(20-11-16(2)10-17(3)12-20)14-18-6-7-19(23)13-22(18)24/h4-13H,14H2,1-3H3. The predicted molar refractivity (Wildman–Crippen MR) is 117 cm³/mol. The fraction of sp³-hybridized carbons (Fsp3) is 0.182. The van der Waals surface area contributed by atoms with Gasteiger partial charge in [-0.3, -0.25) is 4.31 Å². The number of sulfonamides is 1. The monoisotopic (exact) mass is 433 g/mol. The molecule has 0 atom stereocenters. The quantitative estimate of drug-likeness (QED) is 0.472. The predicted octanol–water partition coefficient (Wildman–Crippen LogP) is 6.31. The molecule has 0 aliphatic carbocycles. The van der Waals surface area contributed by atoms with Crippen molar-refractivity contribution in [2.45, 2.75) is 32.2 Å². The van der Waals surface area contributed by atoms with E-state index in [2.05, 4.69) is 0 Å².